The fourth-order valence-corrected chi connectivity index (χ4v) is 14.3. The number of carbonyl (C=O) groups excluding carboxylic acids is 4. The largest absolute Gasteiger partial charge is 0.382 e. The highest BCUT2D eigenvalue weighted by Gasteiger charge is 2.45. The van der Waals surface area contributed by atoms with Crippen LogP contribution in [0.25, 0.3) is 0 Å². The number of amides is 3. The molecule has 1 saturated heterocycles. The summed E-state index contributed by atoms with van der Waals surface area (Å²) in [5.74, 6) is -1.70. The predicted octanol–water partition coefficient (Wildman–Crippen LogP) is 8.45. The maximum Gasteiger partial charge on any atom is 0.333 e. The van der Waals surface area contributed by atoms with Crippen LogP contribution in [0.15, 0.2) is 77.4 Å². The number of imide groups is 1. The minimum Gasteiger partial charge on any atom is -0.382 e. The molecule has 750 valence electrons. The lowest BCUT2D eigenvalue weighted by atomic mass is 9.77. The molecule has 2 N–H and O–H groups in total. The first-order chi connectivity index (χ1) is 64.0. The molecule has 2 aromatic rings. The molecule has 0 aliphatic carbocycles. The van der Waals surface area contributed by atoms with Crippen molar-refractivity contribution in [2.75, 3.05) is 342 Å². The number of rotatable bonds is 92. The van der Waals surface area contributed by atoms with Crippen molar-refractivity contribution in [1.29, 1.82) is 0 Å². The SMILES string of the molecule is CCCCN1C(=CC=CC=CC2=[N+](CCCCCC(=O)NCCOCCOCCOCCOCCOCCOCCOCCOCCOCCOCCOCCOCCOCCOCCOCCOCCOCCOCCOCCOCCOCCOCCOCCOC)c3ccc(C)cc3C2(C)C)C(C)(CCCCCC(=O)ON2C(=O)CCC2=O)c2cc(S(=O)(=O)O)ccc21. The minimum atomic E-state index is -4.50. The Hall–Kier alpha value is -5.84. The minimum absolute atomic E-state index is 0.00574. The average molecular weight is 1890 g/mol. The maximum absolute atomic E-state index is 12.8. The van der Waals surface area contributed by atoms with Gasteiger partial charge in [-0.25, -0.2) is 4.79 Å². The molecule has 2 aromatic carbocycles. The molecule has 131 heavy (non-hydrogen) atoms. The van der Waals surface area contributed by atoms with Crippen molar-refractivity contribution in [3.63, 3.8) is 0 Å². The molecule has 1 fully saturated rings. The second-order valence-corrected chi connectivity index (χ2v) is 32.7. The van der Waals surface area contributed by atoms with Crippen LogP contribution in [0.3, 0.4) is 0 Å². The number of unbranched alkanes of at least 4 members (excludes halogenated alkanes) is 5. The van der Waals surface area contributed by atoms with Crippen LogP contribution in [0, 0.1) is 6.92 Å². The highest BCUT2D eigenvalue weighted by atomic mass is 32.2. The van der Waals surface area contributed by atoms with Crippen molar-refractivity contribution in [1.82, 2.24) is 10.4 Å². The number of hydrogen-bond donors (Lipinski definition) is 2. The molecule has 36 nitrogen and oxygen atoms in total. The van der Waals surface area contributed by atoms with Crippen LogP contribution >= 0.6 is 0 Å². The molecule has 5 rings (SSSR count). The van der Waals surface area contributed by atoms with E-state index in [9.17, 15) is 32.1 Å². The van der Waals surface area contributed by atoms with Crippen LogP contribution in [-0.4, -0.2) is 389 Å². The van der Waals surface area contributed by atoms with Gasteiger partial charge >= 0.3 is 5.97 Å². The van der Waals surface area contributed by atoms with Gasteiger partial charge in [0.2, 0.25) is 11.6 Å². The second-order valence-electron chi connectivity index (χ2n) is 31.3. The Labute approximate surface area is 778 Å². The Morgan fingerprint density at radius 1 is 0.435 bits per heavy atom. The van der Waals surface area contributed by atoms with Crippen molar-refractivity contribution < 1.29 is 155 Å². The molecule has 1 atom stereocenters. The Balaban J connectivity index is 0.721. The molecule has 0 saturated carbocycles. The van der Waals surface area contributed by atoms with Crippen LogP contribution in [0.2, 0.25) is 0 Å². The number of fused-ring (bicyclic) bond motifs is 2. The summed E-state index contributed by atoms with van der Waals surface area (Å²) in [6.07, 6.45) is 17.6. The molecule has 0 spiro atoms. The topological polar surface area (TPSA) is 375 Å². The van der Waals surface area contributed by atoms with Crippen molar-refractivity contribution in [3.05, 3.63) is 89.2 Å². The number of anilines is 1. The number of carbonyl (C=O) groups is 4. The number of hydrogen-bond acceptors (Lipinski definition) is 32. The second kappa shape index (κ2) is 76.2. The molecule has 0 radical (unpaired) electrons. The summed E-state index contributed by atoms with van der Waals surface area (Å²) in [6.45, 7) is 35.0. The number of hydroxylamine groups is 2. The van der Waals surface area contributed by atoms with Crippen LogP contribution < -0.4 is 10.2 Å². The Morgan fingerprint density at radius 3 is 1.18 bits per heavy atom. The van der Waals surface area contributed by atoms with E-state index in [2.05, 4.69) is 85.8 Å². The number of aryl methyl sites for hydroxylation is 1. The van der Waals surface area contributed by atoms with Gasteiger partial charge in [-0.15, -0.1) is 5.06 Å². The lowest BCUT2D eigenvalue weighted by molar-refractivity contribution is -0.438. The molecule has 3 aliphatic rings. The fourth-order valence-electron chi connectivity index (χ4n) is 13.8. The highest BCUT2D eigenvalue weighted by Crippen LogP contribution is 2.52. The first kappa shape index (κ1) is 116. The van der Waals surface area contributed by atoms with E-state index in [1.807, 2.05) is 12.2 Å². The normalized spacial score (nSPS) is 15.4. The molecule has 0 aromatic heterocycles. The lowest BCUT2D eigenvalue weighted by Gasteiger charge is -2.30. The summed E-state index contributed by atoms with van der Waals surface area (Å²) in [7, 11) is -2.85. The summed E-state index contributed by atoms with van der Waals surface area (Å²) < 4.78 is 170. The summed E-state index contributed by atoms with van der Waals surface area (Å²) in [4.78, 5) is 56.6. The summed E-state index contributed by atoms with van der Waals surface area (Å²) in [5.41, 5.74) is 6.49. The van der Waals surface area contributed by atoms with E-state index in [1.165, 1.54) is 22.9 Å². The van der Waals surface area contributed by atoms with Crippen molar-refractivity contribution >= 4 is 50.9 Å². The van der Waals surface area contributed by atoms with E-state index in [0.717, 1.165) is 61.3 Å². The average Bonchev–Trinajstić information content (AvgIpc) is 1.58. The van der Waals surface area contributed by atoms with Crippen LogP contribution in [0.1, 0.15) is 128 Å². The Kier molecular flexibility index (Phi) is 67.3. The Bertz CT molecular complexity index is 3520. The van der Waals surface area contributed by atoms with Gasteiger partial charge in [0.25, 0.3) is 21.9 Å². The molecule has 3 aliphatic heterocycles. The van der Waals surface area contributed by atoms with E-state index < -0.39 is 33.3 Å². The van der Waals surface area contributed by atoms with Crippen LogP contribution in [0.4, 0.5) is 11.4 Å². The highest BCUT2D eigenvalue weighted by molar-refractivity contribution is 7.85. The third-order valence-electron chi connectivity index (χ3n) is 20.7. The third-order valence-corrected chi connectivity index (χ3v) is 21.6. The van der Waals surface area contributed by atoms with E-state index in [-0.39, 0.29) is 35.5 Å². The molecule has 0 bridgehead atoms. The van der Waals surface area contributed by atoms with Gasteiger partial charge in [-0.2, -0.15) is 13.0 Å². The van der Waals surface area contributed by atoms with Crippen molar-refractivity contribution in [2.45, 2.75) is 134 Å². The monoisotopic (exact) mass is 1890 g/mol. The molecular weight excluding hydrogens is 1730 g/mol. The third kappa shape index (κ3) is 53.5. The first-order valence-corrected chi connectivity index (χ1v) is 48.3. The van der Waals surface area contributed by atoms with E-state index in [1.54, 1.807) is 19.2 Å². The molecule has 37 heteroatoms. The first-order valence-electron chi connectivity index (χ1n) is 46.8. The smallest absolute Gasteiger partial charge is 0.333 e. The summed E-state index contributed by atoms with van der Waals surface area (Å²) in [5, 5.41) is 3.54. The molecule has 3 amide bonds. The van der Waals surface area contributed by atoms with E-state index in [4.69, 9.17) is 119 Å². The zero-order chi connectivity index (χ0) is 93.9. The summed E-state index contributed by atoms with van der Waals surface area (Å²) in [6, 6.07) is 11.4. The number of methoxy groups -OCH3 is 1. The van der Waals surface area contributed by atoms with E-state index in [0.29, 0.717) is 361 Å². The summed E-state index contributed by atoms with van der Waals surface area (Å²) >= 11 is 0. The molecular formula is C94H157N4O32S+. The number of ether oxygens (including phenoxy) is 24. The van der Waals surface area contributed by atoms with Gasteiger partial charge in [0.15, 0.2) is 5.71 Å². The molecule has 1 unspecified atom stereocenters. The van der Waals surface area contributed by atoms with Gasteiger partial charge in [-0.3, -0.25) is 18.9 Å². The zero-order valence-corrected chi connectivity index (χ0v) is 80.1. The number of allylic oxidation sites excluding steroid dienone is 6. The maximum atomic E-state index is 12.8. The van der Waals surface area contributed by atoms with Crippen molar-refractivity contribution in [3.8, 4) is 0 Å². The standard InChI is InChI=1S/C94H156N4O32S/c1-7-8-30-97-86-25-23-82(131(103,104)105)80-84(86)94(5,28-16-10-15-21-92(102)130-98-90(100)26-27-91(98)101)88(97)19-13-9-12-18-87-93(3,4)83-79-81(2)22-24-85(83)96(87)31-17-11-14-20-89(99)95-29-32-107-35-36-109-39-40-111-43-44-113-47-48-115-51-52-117-55-56-119-59-60-121-63-64-123-67-68-125-71-72-127-75-76-129-78-77-128-74-73-126-70-69-124-66-65-122-62-61-120-58-57-118-54-53-116-50-49-114-46-45-112-42-41-110-38-37-108-34-33-106-6/h9,12-13,18-19,22-25,79-80H,7-8,10-11,14-17,20-21,26-78H2,1-6H3,(H-,95,99,103,104,105)/p+1. The van der Waals surface area contributed by atoms with Crippen LogP contribution in [-0.2, 0) is 159 Å². The quantitative estimate of drug-likeness (QED) is 0.0206. The van der Waals surface area contributed by atoms with Gasteiger partial charge in [0, 0.05) is 86.8 Å². The van der Waals surface area contributed by atoms with Crippen molar-refractivity contribution in [2.24, 2.45) is 0 Å². The predicted molar refractivity (Wildman–Crippen MR) is 489 cm³/mol. The Morgan fingerprint density at radius 2 is 0.802 bits per heavy atom. The fraction of sp³-hybridized carbons (Fsp3) is 0.755. The van der Waals surface area contributed by atoms with Gasteiger partial charge in [0.05, 0.1) is 321 Å². The zero-order valence-electron chi connectivity index (χ0n) is 79.3. The van der Waals surface area contributed by atoms with Gasteiger partial charge in [-0.05, 0) is 95.7 Å². The number of nitrogens with one attached hydrogen (secondary N) is 1. The number of nitrogens with zero attached hydrogens (tertiary/aromatic N) is 3. The molecule has 3 heterocycles. The van der Waals surface area contributed by atoms with Crippen LogP contribution in [0.5, 0.6) is 0 Å². The number of benzene rings is 2. The van der Waals surface area contributed by atoms with Gasteiger partial charge in [0.1, 0.15) is 6.54 Å². The van der Waals surface area contributed by atoms with Gasteiger partial charge < -0.3 is 129 Å². The van der Waals surface area contributed by atoms with E-state index >= 15 is 0 Å². The van der Waals surface area contributed by atoms with Gasteiger partial charge in [-0.1, -0.05) is 56.0 Å². The lowest BCUT2D eigenvalue weighted by Crippen LogP contribution is -2.32.